The summed E-state index contributed by atoms with van der Waals surface area (Å²) in [5, 5.41) is 9.83. The van der Waals surface area contributed by atoms with Crippen molar-refractivity contribution < 1.29 is 5.11 Å². The van der Waals surface area contributed by atoms with Crippen LogP contribution in [0.2, 0.25) is 0 Å². The minimum atomic E-state index is 0.307. The zero-order valence-corrected chi connectivity index (χ0v) is 16.2. The van der Waals surface area contributed by atoms with E-state index in [4.69, 9.17) is 4.98 Å². The third kappa shape index (κ3) is 2.52. The third-order valence-electron chi connectivity index (χ3n) is 6.39. The first-order chi connectivity index (χ1) is 14.3. The lowest BCUT2D eigenvalue weighted by atomic mass is 9.78. The lowest BCUT2D eigenvalue weighted by molar-refractivity contribution is 0.475. The van der Waals surface area contributed by atoms with Crippen LogP contribution in [0.4, 0.5) is 0 Å². The van der Waals surface area contributed by atoms with Crippen molar-refractivity contribution in [1.29, 1.82) is 0 Å². The van der Waals surface area contributed by atoms with E-state index in [9.17, 15) is 5.11 Å². The molecule has 0 aliphatic heterocycles. The minimum Gasteiger partial charge on any atom is -0.508 e. The molecule has 0 bridgehead atoms. The monoisotopic (exact) mass is 375 g/mol. The maximum absolute atomic E-state index is 9.83. The van der Waals surface area contributed by atoms with E-state index in [-0.39, 0.29) is 0 Å². The number of aromatic nitrogens is 1. The summed E-state index contributed by atoms with van der Waals surface area (Å²) in [4.78, 5) is 5.29. The second-order valence-electron chi connectivity index (χ2n) is 8.00. The Kier molecular flexibility index (Phi) is 3.60. The van der Waals surface area contributed by atoms with Crippen molar-refractivity contribution in [3.05, 3.63) is 95.1 Å². The summed E-state index contributed by atoms with van der Waals surface area (Å²) in [5.41, 5.74) is 12.8. The summed E-state index contributed by atoms with van der Waals surface area (Å²) in [6, 6.07) is 25.0. The number of nitrogens with zero attached hydrogens (tertiary/aromatic N) is 1. The van der Waals surface area contributed by atoms with Gasteiger partial charge in [0.2, 0.25) is 0 Å². The SMILES string of the molecule is Oc1ccc(-c2c3c(nc4c2CCc2ccccc2-4)-c2ccccc2CC3)cc1. The molecule has 3 aromatic carbocycles. The van der Waals surface area contributed by atoms with Crippen molar-refractivity contribution >= 4 is 0 Å². The molecule has 0 radical (unpaired) electrons. The fourth-order valence-corrected chi connectivity index (χ4v) is 5.03. The van der Waals surface area contributed by atoms with E-state index in [1.165, 1.54) is 44.5 Å². The van der Waals surface area contributed by atoms with Gasteiger partial charge in [0.15, 0.2) is 0 Å². The van der Waals surface area contributed by atoms with Crippen molar-refractivity contribution in [3.63, 3.8) is 0 Å². The van der Waals surface area contributed by atoms with Gasteiger partial charge in [-0.3, -0.25) is 0 Å². The summed E-state index contributed by atoms with van der Waals surface area (Å²) in [6.07, 6.45) is 4.10. The van der Waals surface area contributed by atoms with Crippen molar-refractivity contribution in [2.45, 2.75) is 25.7 Å². The molecule has 1 N–H and O–H groups in total. The van der Waals surface area contributed by atoms with E-state index in [1.807, 2.05) is 12.1 Å². The van der Waals surface area contributed by atoms with Gasteiger partial charge in [-0.2, -0.15) is 0 Å². The average Bonchev–Trinajstić information content (AvgIpc) is 2.78. The summed E-state index contributed by atoms with van der Waals surface area (Å²) in [7, 11) is 0. The highest BCUT2D eigenvalue weighted by Gasteiger charge is 2.28. The highest BCUT2D eigenvalue weighted by Crippen LogP contribution is 2.45. The lowest BCUT2D eigenvalue weighted by Gasteiger charge is -2.29. The normalized spacial score (nSPS) is 13.8. The van der Waals surface area contributed by atoms with E-state index in [0.29, 0.717) is 5.75 Å². The zero-order chi connectivity index (χ0) is 19.4. The molecule has 1 heterocycles. The van der Waals surface area contributed by atoms with Gasteiger partial charge in [0, 0.05) is 11.1 Å². The molecule has 6 rings (SSSR count). The van der Waals surface area contributed by atoms with Gasteiger partial charge in [-0.1, -0.05) is 60.7 Å². The van der Waals surface area contributed by atoms with Gasteiger partial charge < -0.3 is 5.11 Å². The van der Waals surface area contributed by atoms with Gasteiger partial charge in [-0.15, -0.1) is 0 Å². The van der Waals surface area contributed by atoms with Crippen LogP contribution in [0.1, 0.15) is 22.3 Å². The van der Waals surface area contributed by atoms with Crippen LogP contribution in [-0.2, 0) is 25.7 Å². The number of phenols is 1. The third-order valence-corrected chi connectivity index (χ3v) is 6.39. The Balaban J connectivity index is 1.71. The van der Waals surface area contributed by atoms with Crippen LogP contribution in [0.25, 0.3) is 33.6 Å². The number of aryl methyl sites for hydroxylation is 2. The lowest BCUT2D eigenvalue weighted by Crippen LogP contribution is -2.14. The molecular formula is C27H21NO. The standard InChI is InChI=1S/C27H21NO/c29-20-13-9-19(10-14-20)25-23-15-11-17-5-1-3-7-21(17)26(23)28-27-22-8-4-2-6-18(22)12-16-24(25)27/h1-10,13-14,29H,11-12,15-16H2. The van der Waals surface area contributed by atoms with Crippen molar-refractivity contribution in [3.8, 4) is 39.4 Å². The molecule has 0 atom stereocenters. The van der Waals surface area contributed by atoms with E-state index in [2.05, 4.69) is 48.5 Å². The smallest absolute Gasteiger partial charge is 0.115 e. The Morgan fingerprint density at radius 3 is 1.66 bits per heavy atom. The molecule has 0 unspecified atom stereocenters. The molecule has 2 aliphatic carbocycles. The van der Waals surface area contributed by atoms with Gasteiger partial charge in [-0.05, 0) is 71.2 Å². The molecule has 29 heavy (non-hydrogen) atoms. The second-order valence-corrected chi connectivity index (χ2v) is 8.00. The maximum atomic E-state index is 9.83. The van der Waals surface area contributed by atoms with E-state index < -0.39 is 0 Å². The van der Waals surface area contributed by atoms with Gasteiger partial charge >= 0.3 is 0 Å². The molecule has 1 aromatic heterocycles. The van der Waals surface area contributed by atoms with Crippen LogP contribution in [0, 0.1) is 0 Å². The number of aromatic hydroxyl groups is 1. The maximum Gasteiger partial charge on any atom is 0.115 e. The highest BCUT2D eigenvalue weighted by atomic mass is 16.3. The molecular weight excluding hydrogens is 354 g/mol. The largest absolute Gasteiger partial charge is 0.508 e. The first-order valence-corrected chi connectivity index (χ1v) is 10.3. The molecule has 4 aromatic rings. The molecule has 140 valence electrons. The Hall–Kier alpha value is -3.39. The summed E-state index contributed by atoms with van der Waals surface area (Å²) < 4.78 is 0. The average molecular weight is 375 g/mol. The predicted molar refractivity (Wildman–Crippen MR) is 117 cm³/mol. The van der Waals surface area contributed by atoms with Crippen LogP contribution in [0.3, 0.4) is 0 Å². The minimum absolute atomic E-state index is 0.307. The van der Waals surface area contributed by atoms with Crippen LogP contribution < -0.4 is 0 Å². The Morgan fingerprint density at radius 2 is 1.10 bits per heavy atom. The number of hydrogen-bond acceptors (Lipinski definition) is 2. The molecule has 0 saturated carbocycles. The van der Waals surface area contributed by atoms with Crippen molar-refractivity contribution in [2.75, 3.05) is 0 Å². The Bertz CT molecular complexity index is 1180. The fraction of sp³-hybridized carbons (Fsp3) is 0.148. The number of fused-ring (bicyclic) bond motifs is 6. The molecule has 0 spiro atoms. The molecule has 2 heteroatoms. The van der Waals surface area contributed by atoms with Crippen molar-refractivity contribution in [2.24, 2.45) is 0 Å². The van der Waals surface area contributed by atoms with E-state index in [0.717, 1.165) is 37.1 Å². The number of phenolic OH excluding ortho intramolecular Hbond substituents is 1. The van der Waals surface area contributed by atoms with Crippen LogP contribution >= 0.6 is 0 Å². The second kappa shape index (κ2) is 6.31. The molecule has 2 aliphatic rings. The van der Waals surface area contributed by atoms with Gasteiger partial charge in [0.05, 0.1) is 11.4 Å². The number of hydrogen-bond donors (Lipinski definition) is 1. The number of benzene rings is 3. The fourth-order valence-electron chi connectivity index (χ4n) is 5.03. The summed E-state index contributed by atoms with van der Waals surface area (Å²) in [5.74, 6) is 0.307. The first-order valence-electron chi connectivity index (χ1n) is 10.3. The van der Waals surface area contributed by atoms with Gasteiger partial charge in [0.1, 0.15) is 5.75 Å². The van der Waals surface area contributed by atoms with Crippen molar-refractivity contribution in [1.82, 2.24) is 4.98 Å². The van der Waals surface area contributed by atoms with Crippen LogP contribution in [0.15, 0.2) is 72.8 Å². The first kappa shape index (κ1) is 16.6. The topological polar surface area (TPSA) is 33.1 Å². The molecule has 0 saturated heterocycles. The molecule has 0 amide bonds. The number of rotatable bonds is 1. The van der Waals surface area contributed by atoms with Crippen LogP contribution in [-0.4, -0.2) is 10.1 Å². The van der Waals surface area contributed by atoms with E-state index >= 15 is 0 Å². The summed E-state index contributed by atoms with van der Waals surface area (Å²) >= 11 is 0. The predicted octanol–water partition coefficient (Wildman–Crippen LogP) is 5.99. The van der Waals surface area contributed by atoms with Crippen LogP contribution in [0.5, 0.6) is 5.75 Å². The van der Waals surface area contributed by atoms with Gasteiger partial charge in [-0.25, -0.2) is 4.98 Å². The molecule has 0 fully saturated rings. The Morgan fingerprint density at radius 1 is 0.586 bits per heavy atom. The highest BCUT2D eigenvalue weighted by molar-refractivity contribution is 5.88. The quantitative estimate of drug-likeness (QED) is 0.443. The summed E-state index contributed by atoms with van der Waals surface area (Å²) in [6.45, 7) is 0. The molecule has 2 nitrogen and oxygen atoms in total. The van der Waals surface area contributed by atoms with E-state index in [1.54, 1.807) is 12.1 Å². The zero-order valence-electron chi connectivity index (χ0n) is 16.2. The van der Waals surface area contributed by atoms with Gasteiger partial charge in [0.25, 0.3) is 0 Å². The number of pyridine rings is 1. The Labute approximate surface area is 170 Å².